The fourth-order valence-electron chi connectivity index (χ4n) is 2.66. The van der Waals surface area contributed by atoms with Gasteiger partial charge >= 0.3 is 0 Å². The van der Waals surface area contributed by atoms with Crippen LogP contribution in [0.3, 0.4) is 0 Å². The number of aromatic nitrogens is 1. The van der Waals surface area contributed by atoms with Crippen molar-refractivity contribution >= 4 is 11.0 Å². The Hall–Kier alpha value is -1.31. The Morgan fingerprint density at radius 1 is 1.12 bits per heavy atom. The van der Waals surface area contributed by atoms with E-state index < -0.39 is 0 Å². The van der Waals surface area contributed by atoms with Crippen LogP contribution >= 0.6 is 0 Å². The molecule has 0 saturated heterocycles. The lowest BCUT2D eigenvalue weighted by atomic mass is 9.97. The molecule has 0 N–H and O–H groups in total. The van der Waals surface area contributed by atoms with Crippen molar-refractivity contribution in [1.29, 1.82) is 0 Å². The quantitative estimate of drug-likeness (QED) is 0.619. The van der Waals surface area contributed by atoms with Gasteiger partial charge in [0, 0.05) is 18.1 Å². The number of hydrogen-bond acceptors (Lipinski definition) is 1. The summed E-state index contributed by atoms with van der Waals surface area (Å²) >= 11 is 0. The van der Waals surface area contributed by atoms with Gasteiger partial charge in [-0.1, -0.05) is 12.8 Å². The Labute approximate surface area is 95.9 Å². The Kier molecular flexibility index (Phi) is 2.43. The summed E-state index contributed by atoms with van der Waals surface area (Å²) in [6.07, 6.45) is 11.9. The number of pyridine rings is 1. The van der Waals surface area contributed by atoms with Crippen LogP contribution in [0.1, 0.15) is 37.0 Å². The van der Waals surface area contributed by atoms with Crippen LogP contribution in [0.2, 0.25) is 0 Å². The van der Waals surface area contributed by atoms with Crippen LogP contribution in [0.25, 0.3) is 11.0 Å². The first-order valence-corrected chi connectivity index (χ1v) is 6.24. The fourth-order valence-corrected chi connectivity index (χ4v) is 2.66. The van der Waals surface area contributed by atoms with Gasteiger partial charge in [0.1, 0.15) is 18.4 Å². The Morgan fingerprint density at radius 2 is 1.94 bits per heavy atom. The van der Waals surface area contributed by atoms with Crippen LogP contribution < -0.4 is 4.57 Å². The maximum atomic E-state index is 5.97. The van der Waals surface area contributed by atoms with Crippen LogP contribution in [0, 0.1) is 0 Å². The number of furan rings is 1. The molecule has 0 aliphatic heterocycles. The maximum absolute atomic E-state index is 5.97. The van der Waals surface area contributed by atoms with E-state index >= 15 is 0 Å². The van der Waals surface area contributed by atoms with Gasteiger partial charge in [-0.15, -0.1) is 0 Å². The summed E-state index contributed by atoms with van der Waals surface area (Å²) in [6, 6.07) is 2.08. The molecular weight excluding hydrogens is 198 g/mol. The van der Waals surface area contributed by atoms with Crippen LogP contribution in [-0.4, -0.2) is 0 Å². The van der Waals surface area contributed by atoms with Crippen molar-refractivity contribution in [2.45, 2.75) is 38.5 Å². The molecule has 1 aliphatic carbocycles. The van der Waals surface area contributed by atoms with Gasteiger partial charge in [0.25, 0.3) is 0 Å². The van der Waals surface area contributed by atoms with Gasteiger partial charge in [-0.3, -0.25) is 0 Å². The molecule has 3 rings (SSSR count). The zero-order valence-electron chi connectivity index (χ0n) is 9.83. The van der Waals surface area contributed by atoms with Crippen molar-refractivity contribution in [2.75, 3.05) is 0 Å². The van der Waals surface area contributed by atoms with Crippen molar-refractivity contribution in [2.24, 2.45) is 7.05 Å². The van der Waals surface area contributed by atoms with Crippen LogP contribution in [0.15, 0.2) is 22.9 Å². The molecule has 2 aromatic rings. The predicted molar refractivity (Wildman–Crippen MR) is 63.3 cm³/mol. The second kappa shape index (κ2) is 3.93. The third-order valence-corrected chi connectivity index (χ3v) is 3.53. The summed E-state index contributed by atoms with van der Waals surface area (Å²) in [4.78, 5) is 0. The van der Waals surface area contributed by atoms with Gasteiger partial charge in [-0.05, 0) is 19.3 Å². The van der Waals surface area contributed by atoms with Crippen molar-refractivity contribution < 1.29 is 8.98 Å². The standard InChI is InChI=1S/C14H18NO/c1-15-9-8-14-12(10-15)11-6-4-2-3-5-7-13(11)16-14/h8-10H,2-7H2,1H3/q+1. The Bertz CT molecular complexity index is 513. The average molecular weight is 216 g/mol. The minimum absolute atomic E-state index is 1.06. The minimum Gasteiger partial charge on any atom is -0.460 e. The second-order valence-electron chi connectivity index (χ2n) is 4.81. The largest absolute Gasteiger partial charge is 0.460 e. The lowest BCUT2D eigenvalue weighted by Gasteiger charge is -2.07. The van der Waals surface area contributed by atoms with Crippen molar-refractivity contribution in [3.63, 3.8) is 0 Å². The fraction of sp³-hybridized carbons (Fsp3) is 0.500. The lowest BCUT2D eigenvalue weighted by molar-refractivity contribution is -0.670. The highest BCUT2D eigenvalue weighted by Crippen LogP contribution is 2.29. The molecule has 0 atom stereocenters. The van der Waals surface area contributed by atoms with E-state index in [1.165, 1.54) is 48.8 Å². The van der Waals surface area contributed by atoms with Crippen molar-refractivity contribution in [3.8, 4) is 0 Å². The van der Waals surface area contributed by atoms with E-state index in [9.17, 15) is 0 Å². The number of rotatable bonds is 0. The first-order chi connectivity index (χ1) is 7.84. The molecule has 16 heavy (non-hydrogen) atoms. The molecule has 84 valence electrons. The second-order valence-corrected chi connectivity index (χ2v) is 4.81. The van der Waals surface area contributed by atoms with E-state index in [0.717, 1.165) is 12.0 Å². The van der Waals surface area contributed by atoms with E-state index in [4.69, 9.17) is 4.42 Å². The number of aryl methyl sites for hydroxylation is 3. The van der Waals surface area contributed by atoms with E-state index in [2.05, 4.69) is 30.1 Å². The highest BCUT2D eigenvalue weighted by atomic mass is 16.3. The SMILES string of the molecule is C[n+]1ccc2oc3c(c2c1)CCCCCC3. The summed E-state index contributed by atoms with van der Waals surface area (Å²) in [5.74, 6) is 1.24. The van der Waals surface area contributed by atoms with Gasteiger partial charge in [0.05, 0.1) is 5.39 Å². The summed E-state index contributed by atoms with van der Waals surface area (Å²) < 4.78 is 8.08. The molecule has 0 fully saturated rings. The van der Waals surface area contributed by atoms with Crippen molar-refractivity contribution in [1.82, 2.24) is 0 Å². The molecule has 2 heterocycles. The first kappa shape index (κ1) is 9.88. The zero-order valence-corrected chi connectivity index (χ0v) is 9.83. The maximum Gasteiger partial charge on any atom is 0.179 e. The van der Waals surface area contributed by atoms with Gasteiger partial charge < -0.3 is 4.42 Å². The molecule has 0 aromatic carbocycles. The summed E-state index contributed by atoms with van der Waals surface area (Å²) in [6.45, 7) is 0. The molecule has 0 amide bonds. The van der Waals surface area contributed by atoms with Crippen LogP contribution in [-0.2, 0) is 19.9 Å². The Morgan fingerprint density at radius 3 is 2.81 bits per heavy atom. The normalized spacial score (nSPS) is 16.8. The number of hydrogen-bond donors (Lipinski definition) is 0. The summed E-state index contributed by atoms with van der Waals surface area (Å²) in [5.41, 5.74) is 2.52. The molecular formula is C14H18NO+. The molecule has 2 heteroatoms. The third kappa shape index (κ3) is 1.62. The molecule has 2 aromatic heterocycles. The lowest BCUT2D eigenvalue weighted by Crippen LogP contribution is -2.25. The number of nitrogens with zero attached hydrogens (tertiary/aromatic N) is 1. The summed E-state index contributed by atoms with van der Waals surface area (Å²) in [7, 11) is 2.07. The van der Waals surface area contributed by atoms with E-state index in [1.807, 2.05) is 0 Å². The highest BCUT2D eigenvalue weighted by Gasteiger charge is 2.17. The average Bonchev–Trinajstić information content (AvgIpc) is 2.55. The Balaban J connectivity index is 2.17. The van der Waals surface area contributed by atoms with Gasteiger partial charge in [-0.2, -0.15) is 0 Å². The molecule has 0 saturated carbocycles. The third-order valence-electron chi connectivity index (χ3n) is 3.53. The van der Waals surface area contributed by atoms with Gasteiger partial charge in [-0.25, -0.2) is 4.57 Å². The van der Waals surface area contributed by atoms with Crippen LogP contribution in [0.4, 0.5) is 0 Å². The molecule has 0 spiro atoms. The molecule has 2 nitrogen and oxygen atoms in total. The van der Waals surface area contributed by atoms with Gasteiger partial charge in [0.15, 0.2) is 12.4 Å². The molecule has 0 unspecified atom stereocenters. The summed E-state index contributed by atoms with van der Waals surface area (Å²) in [5, 5.41) is 1.32. The van der Waals surface area contributed by atoms with E-state index in [0.29, 0.717) is 0 Å². The molecule has 0 bridgehead atoms. The topological polar surface area (TPSA) is 17.0 Å². The van der Waals surface area contributed by atoms with Crippen LogP contribution in [0.5, 0.6) is 0 Å². The molecule has 0 radical (unpaired) electrons. The van der Waals surface area contributed by atoms with Gasteiger partial charge in [0.2, 0.25) is 0 Å². The van der Waals surface area contributed by atoms with E-state index in [1.54, 1.807) is 0 Å². The number of fused-ring (bicyclic) bond motifs is 3. The van der Waals surface area contributed by atoms with Crippen molar-refractivity contribution in [3.05, 3.63) is 29.8 Å². The first-order valence-electron chi connectivity index (χ1n) is 6.24. The molecule has 1 aliphatic rings. The monoisotopic (exact) mass is 216 g/mol. The zero-order chi connectivity index (χ0) is 11.0. The minimum atomic E-state index is 1.06. The van der Waals surface area contributed by atoms with E-state index in [-0.39, 0.29) is 0 Å². The predicted octanol–water partition coefficient (Wildman–Crippen LogP) is 2.92. The highest BCUT2D eigenvalue weighted by molar-refractivity contribution is 5.80. The smallest absolute Gasteiger partial charge is 0.179 e.